The maximum Gasteiger partial charge on any atom is 0.220 e. The molecule has 4 aromatic rings. The SMILES string of the molecule is CCCCCCCCCCCCCCCC(=O)NCc1ccc(C2OC(Cn3cnc4ccccc43)C(C)C(c3ccc(CO)cc3)O2)cc1. The molecule has 0 bridgehead atoms. The van der Waals surface area contributed by atoms with Gasteiger partial charge >= 0.3 is 0 Å². The lowest BCUT2D eigenvalue weighted by Gasteiger charge is -2.41. The summed E-state index contributed by atoms with van der Waals surface area (Å²) in [5.74, 6) is 0.187. The van der Waals surface area contributed by atoms with E-state index in [1.165, 1.54) is 70.6 Å². The van der Waals surface area contributed by atoms with E-state index in [0.717, 1.165) is 46.1 Å². The summed E-state index contributed by atoms with van der Waals surface area (Å²) in [6.45, 7) is 5.62. The average Bonchev–Trinajstić information content (AvgIpc) is 3.56. The van der Waals surface area contributed by atoms with Gasteiger partial charge in [-0.3, -0.25) is 4.79 Å². The van der Waals surface area contributed by atoms with Gasteiger partial charge in [0.05, 0.1) is 42.7 Å². The number of aliphatic hydroxyl groups is 1. The molecule has 1 aromatic heterocycles. The summed E-state index contributed by atoms with van der Waals surface area (Å²) in [4.78, 5) is 17.1. The van der Waals surface area contributed by atoms with E-state index in [2.05, 4.69) is 46.9 Å². The van der Waals surface area contributed by atoms with Gasteiger partial charge in [0.25, 0.3) is 0 Å². The van der Waals surface area contributed by atoms with Gasteiger partial charge in [0.1, 0.15) is 0 Å². The number of imidazole rings is 1. The number of ether oxygens (including phenoxy) is 2. The van der Waals surface area contributed by atoms with Crippen LogP contribution in [-0.4, -0.2) is 26.7 Å². The second-order valence-electron chi connectivity index (χ2n) is 14.2. The number of hydrogen-bond acceptors (Lipinski definition) is 5. The predicted molar refractivity (Wildman–Crippen MR) is 201 cm³/mol. The summed E-state index contributed by atoms with van der Waals surface area (Å²) in [6, 6.07) is 24.3. The second kappa shape index (κ2) is 20.4. The van der Waals surface area contributed by atoms with Crippen molar-refractivity contribution in [3.8, 4) is 0 Å². The molecule has 0 saturated carbocycles. The molecule has 5 rings (SSSR count). The Labute approximate surface area is 299 Å². The molecule has 1 saturated heterocycles. The lowest BCUT2D eigenvalue weighted by atomic mass is 9.90. The molecule has 7 nitrogen and oxygen atoms in total. The third-order valence-electron chi connectivity index (χ3n) is 10.3. The molecule has 50 heavy (non-hydrogen) atoms. The van der Waals surface area contributed by atoms with Crippen molar-refractivity contribution < 1.29 is 19.4 Å². The Balaban J connectivity index is 1.08. The number of benzene rings is 3. The van der Waals surface area contributed by atoms with Crippen LogP contribution in [0.4, 0.5) is 0 Å². The molecule has 270 valence electrons. The number of unbranched alkanes of at least 4 members (excludes halogenated alkanes) is 12. The summed E-state index contributed by atoms with van der Waals surface area (Å²) in [7, 11) is 0. The summed E-state index contributed by atoms with van der Waals surface area (Å²) >= 11 is 0. The van der Waals surface area contributed by atoms with Crippen LogP contribution in [0.3, 0.4) is 0 Å². The van der Waals surface area contributed by atoms with Crippen LogP contribution in [-0.2, 0) is 34.0 Å². The fourth-order valence-corrected chi connectivity index (χ4v) is 7.06. The van der Waals surface area contributed by atoms with Crippen LogP contribution in [0.5, 0.6) is 0 Å². The van der Waals surface area contributed by atoms with Crippen molar-refractivity contribution in [2.75, 3.05) is 0 Å². The van der Waals surface area contributed by atoms with E-state index < -0.39 is 6.29 Å². The zero-order valence-corrected chi connectivity index (χ0v) is 30.4. The smallest absolute Gasteiger partial charge is 0.220 e. The molecule has 1 aliphatic rings. The molecule has 0 radical (unpaired) electrons. The molecular formula is C43H59N3O4. The molecule has 1 amide bonds. The minimum atomic E-state index is -0.548. The molecule has 4 atom stereocenters. The Hall–Kier alpha value is -3.52. The van der Waals surface area contributed by atoms with Gasteiger partial charge in [0.15, 0.2) is 6.29 Å². The number of aliphatic hydroxyl groups excluding tert-OH is 1. The molecule has 4 unspecified atom stereocenters. The van der Waals surface area contributed by atoms with E-state index in [4.69, 9.17) is 9.47 Å². The maximum atomic E-state index is 12.6. The van der Waals surface area contributed by atoms with Crippen LogP contribution in [0.25, 0.3) is 11.0 Å². The predicted octanol–water partition coefficient (Wildman–Crippen LogP) is 10.1. The zero-order valence-electron chi connectivity index (χ0n) is 30.4. The Kier molecular flexibility index (Phi) is 15.4. The first-order chi connectivity index (χ1) is 24.6. The van der Waals surface area contributed by atoms with Crippen LogP contribution < -0.4 is 5.32 Å². The van der Waals surface area contributed by atoms with Gasteiger partial charge < -0.3 is 24.5 Å². The molecule has 0 aliphatic carbocycles. The topological polar surface area (TPSA) is 85.6 Å². The van der Waals surface area contributed by atoms with Crippen LogP contribution in [0.15, 0.2) is 79.1 Å². The van der Waals surface area contributed by atoms with Crippen LogP contribution in [0, 0.1) is 5.92 Å². The summed E-state index contributed by atoms with van der Waals surface area (Å²) in [5, 5.41) is 12.7. The van der Waals surface area contributed by atoms with Gasteiger partial charge in [0.2, 0.25) is 5.91 Å². The normalized spacial score (nSPS) is 19.2. The molecule has 2 N–H and O–H groups in total. The quantitative estimate of drug-likeness (QED) is 0.0855. The standard InChI is InChI=1S/C43H59N3O4/c1-3-4-5-6-7-8-9-10-11-12-13-14-15-20-41(48)44-29-34-21-27-37(28-22-34)43-49-40(30-46-32-45-38-18-16-17-19-39(38)46)33(2)42(50-43)36-25-23-35(31-47)24-26-36/h16-19,21-28,32-33,40,42-43,47H,3-15,20,29-31H2,1-2H3,(H,44,48). The molecule has 7 heteroatoms. The highest BCUT2D eigenvalue weighted by atomic mass is 16.7. The second-order valence-corrected chi connectivity index (χ2v) is 14.2. The first kappa shape index (κ1) is 37.7. The lowest BCUT2D eigenvalue weighted by molar-refractivity contribution is -0.276. The van der Waals surface area contributed by atoms with Gasteiger partial charge in [-0.15, -0.1) is 0 Å². The van der Waals surface area contributed by atoms with E-state index in [0.29, 0.717) is 19.5 Å². The number of nitrogens with one attached hydrogen (secondary N) is 1. The highest BCUT2D eigenvalue weighted by Crippen LogP contribution is 2.42. The summed E-state index contributed by atoms with van der Waals surface area (Å²) in [5.41, 5.74) is 5.97. The zero-order chi connectivity index (χ0) is 35.0. The number of carbonyl (C=O) groups is 1. The Morgan fingerprint density at radius 1 is 0.760 bits per heavy atom. The van der Waals surface area contributed by atoms with Gasteiger partial charge in [-0.05, 0) is 35.2 Å². The van der Waals surface area contributed by atoms with Crippen LogP contribution in [0.2, 0.25) is 0 Å². The number of fused-ring (bicyclic) bond motifs is 1. The average molecular weight is 682 g/mol. The van der Waals surface area contributed by atoms with Crippen molar-refractivity contribution in [3.05, 3.63) is 101 Å². The van der Waals surface area contributed by atoms with Gasteiger partial charge in [0, 0.05) is 24.4 Å². The molecular weight excluding hydrogens is 622 g/mol. The Morgan fingerprint density at radius 3 is 2.02 bits per heavy atom. The van der Waals surface area contributed by atoms with Crippen molar-refractivity contribution in [1.82, 2.24) is 14.9 Å². The van der Waals surface area contributed by atoms with E-state index in [-0.39, 0.29) is 30.6 Å². The number of para-hydroxylation sites is 2. The lowest BCUT2D eigenvalue weighted by Crippen LogP contribution is -2.39. The number of rotatable bonds is 21. The van der Waals surface area contributed by atoms with E-state index in [1.807, 2.05) is 60.9 Å². The number of nitrogens with zero attached hydrogens (tertiary/aromatic N) is 2. The minimum absolute atomic E-state index is 0.00959. The van der Waals surface area contributed by atoms with Crippen LogP contribution in [0.1, 0.15) is 138 Å². The Morgan fingerprint density at radius 2 is 1.36 bits per heavy atom. The van der Waals surface area contributed by atoms with Gasteiger partial charge in [-0.2, -0.15) is 0 Å². The van der Waals surface area contributed by atoms with E-state index in [9.17, 15) is 9.90 Å². The monoisotopic (exact) mass is 681 g/mol. The Bertz CT molecular complexity index is 1550. The molecule has 1 aliphatic heterocycles. The van der Waals surface area contributed by atoms with Crippen molar-refractivity contribution in [1.29, 1.82) is 0 Å². The third-order valence-corrected chi connectivity index (χ3v) is 10.3. The minimum Gasteiger partial charge on any atom is -0.392 e. The molecule has 1 fully saturated rings. The molecule has 0 spiro atoms. The number of hydrogen-bond donors (Lipinski definition) is 2. The van der Waals surface area contributed by atoms with Gasteiger partial charge in [-0.1, -0.05) is 152 Å². The maximum absolute atomic E-state index is 12.6. The fraction of sp³-hybridized carbons (Fsp3) is 0.535. The summed E-state index contributed by atoms with van der Waals surface area (Å²) < 4.78 is 15.5. The van der Waals surface area contributed by atoms with Crippen molar-refractivity contribution >= 4 is 16.9 Å². The van der Waals surface area contributed by atoms with Crippen molar-refractivity contribution in [3.63, 3.8) is 0 Å². The third kappa shape index (κ3) is 11.2. The van der Waals surface area contributed by atoms with Crippen molar-refractivity contribution in [2.45, 2.75) is 142 Å². The van der Waals surface area contributed by atoms with Crippen LogP contribution >= 0.6 is 0 Å². The number of carbonyl (C=O) groups excluding carboxylic acids is 1. The van der Waals surface area contributed by atoms with Gasteiger partial charge in [-0.25, -0.2) is 4.98 Å². The van der Waals surface area contributed by atoms with Crippen molar-refractivity contribution in [2.24, 2.45) is 5.92 Å². The highest BCUT2D eigenvalue weighted by Gasteiger charge is 2.38. The molecule has 2 heterocycles. The fourth-order valence-electron chi connectivity index (χ4n) is 7.06. The number of aromatic nitrogens is 2. The first-order valence-corrected chi connectivity index (χ1v) is 19.3. The summed E-state index contributed by atoms with van der Waals surface area (Å²) in [6.07, 6.45) is 18.6. The number of amides is 1. The highest BCUT2D eigenvalue weighted by molar-refractivity contribution is 5.76. The molecule has 3 aromatic carbocycles. The van der Waals surface area contributed by atoms with E-state index in [1.54, 1.807) is 0 Å². The van der Waals surface area contributed by atoms with E-state index >= 15 is 0 Å². The first-order valence-electron chi connectivity index (χ1n) is 19.3. The largest absolute Gasteiger partial charge is 0.392 e.